The van der Waals surface area contributed by atoms with Crippen LogP contribution >= 0.6 is 11.3 Å². The van der Waals surface area contributed by atoms with Crippen molar-refractivity contribution in [3.05, 3.63) is 200 Å². The highest BCUT2D eigenvalue weighted by atomic mass is 32.1. The van der Waals surface area contributed by atoms with Crippen molar-refractivity contribution in [2.75, 3.05) is 0 Å². The summed E-state index contributed by atoms with van der Waals surface area (Å²) in [6.07, 6.45) is 3.61. The van der Waals surface area contributed by atoms with Crippen molar-refractivity contribution >= 4 is 86.7 Å². The fourth-order valence-corrected chi connectivity index (χ4v) is 10.5. The van der Waals surface area contributed by atoms with Crippen molar-refractivity contribution in [3.63, 3.8) is 0 Å². The number of hydrogen-bond donors (Lipinski definition) is 0. The lowest BCUT2D eigenvalue weighted by molar-refractivity contribution is 1.08. The number of pyridine rings is 1. The topological polar surface area (TPSA) is 48.5 Å². The summed E-state index contributed by atoms with van der Waals surface area (Å²) in [7, 11) is 0. The first kappa shape index (κ1) is 34.0. The van der Waals surface area contributed by atoms with Crippen molar-refractivity contribution in [1.29, 1.82) is 0 Å². The molecule has 0 saturated carbocycles. The quantitative estimate of drug-likeness (QED) is 0.174. The minimum atomic E-state index is 0.671. The van der Waals surface area contributed by atoms with Crippen LogP contribution < -0.4 is 0 Å². The van der Waals surface area contributed by atoms with E-state index < -0.39 is 0 Å². The lowest BCUT2D eigenvalue weighted by atomic mass is 9.98. The van der Waals surface area contributed by atoms with E-state index in [2.05, 4.69) is 190 Å². The standard InChI is InChI=1S/C55H33N5S/c1-3-13-36(14-4-1)50-33-46-53(61-50)55(58-54(57-46)37-27-29-56-30-28-37)60-47-24-21-38(31-44(47)43-23-19-35-12-8-10-18-42(35)52(43)60)39-22-25-48-45(32-39)51-41-17-9-7-11-34(41)20-26-49(51)59(48)40-15-5-2-6-16-40/h1-33H. The van der Waals surface area contributed by atoms with Crippen LogP contribution in [0.5, 0.6) is 0 Å². The second kappa shape index (κ2) is 13.3. The number of hydrogen-bond acceptors (Lipinski definition) is 4. The van der Waals surface area contributed by atoms with Gasteiger partial charge in [0.05, 0.1) is 32.3 Å². The molecule has 0 N–H and O–H groups in total. The molecule has 5 aromatic heterocycles. The summed E-state index contributed by atoms with van der Waals surface area (Å²) in [5.41, 5.74) is 11.1. The predicted octanol–water partition coefficient (Wildman–Crippen LogP) is 14.6. The second-order valence-electron chi connectivity index (χ2n) is 15.6. The Morgan fingerprint density at radius 1 is 0.410 bits per heavy atom. The van der Waals surface area contributed by atoms with Gasteiger partial charge in [0, 0.05) is 55.5 Å². The average molecular weight is 796 g/mol. The molecule has 0 aliphatic rings. The summed E-state index contributed by atoms with van der Waals surface area (Å²) in [6, 6.07) is 67.8. The maximum Gasteiger partial charge on any atom is 0.162 e. The molecule has 13 rings (SSSR count). The van der Waals surface area contributed by atoms with Crippen molar-refractivity contribution < 1.29 is 0 Å². The molecule has 284 valence electrons. The first-order valence-corrected chi connectivity index (χ1v) is 21.3. The Kier molecular flexibility index (Phi) is 7.41. The summed E-state index contributed by atoms with van der Waals surface area (Å²) in [5, 5.41) is 9.72. The van der Waals surface area contributed by atoms with Gasteiger partial charge in [-0.05, 0) is 93.5 Å². The van der Waals surface area contributed by atoms with Crippen molar-refractivity contribution in [1.82, 2.24) is 24.1 Å². The van der Waals surface area contributed by atoms with Crippen LogP contribution in [0.25, 0.3) is 120 Å². The van der Waals surface area contributed by atoms with Gasteiger partial charge in [0.25, 0.3) is 0 Å². The molecule has 61 heavy (non-hydrogen) atoms. The number of benzene rings is 8. The lowest BCUT2D eigenvalue weighted by Crippen LogP contribution is -2.01. The van der Waals surface area contributed by atoms with Gasteiger partial charge in [0.1, 0.15) is 0 Å². The summed E-state index contributed by atoms with van der Waals surface area (Å²) in [4.78, 5) is 16.1. The van der Waals surface area contributed by atoms with Crippen LogP contribution in [-0.2, 0) is 0 Å². The summed E-state index contributed by atoms with van der Waals surface area (Å²) in [5.74, 6) is 1.54. The monoisotopic (exact) mass is 795 g/mol. The molecular formula is C55H33N5S. The van der Waals surface area contributed by atoms with Crippen LogP contribution in [0.15, 0.2) is 200 Å². The SMILES string of the molecule is c1ccc(-c2cc3nc(-c4ccncc4)nc(-n4c5ccc(-c6ccc7c(c6)c6c8ccccc8ccc6n7-c6ccccc6)cc5c5ccc6ccccc6c54)c3s2)cc1. The zero-order valence-electron chi connectivity index (χ0n) is 32.7. The van der Waals surface area contributed by atoms with E-state index in [0.29, 0.717) is 5.82 Å². The van der Waals surface area contributed by atoms with E-state index in [-0.39, 0.29) is 0 Å². The second-order valence-corrected chi connectivity index (χ2v) is 16.7. The third-order valence-corrected chi connectivity index (χ3v) is 13.4. The number of nitrogens with zero attached hydrogens (tertiary/aromatic N) is 5. The predicted molar refractivity (Wildman–Crippen MR) is 255 cm³/mol. The molecule has 0 aliphatic carbocycles. The highest BCUT2D eigenvalue weighted by molar-refractivity contribution is 7.22. The van der Waals surface area contributed by atoms with Gasteiger partial charge in [0.15, 0.2) is 11.6 Å². The Hall–Kier alpha value is -7.93. The zero-order chi connectivity index (χ0) is 40.0. The number of aromatic nitrogens is 5. The fourth-order valence-electron chi connectivity index (χ4n) is 9.45. The Morgan fingerprint density at radius 2 is 1.05 bits per heavy atom. The van der Waals surface area contributed by atoms with Crippen LogP contribution in [-0.4, -0.2) is 24.1 Å². The highest BCUT2D eigenvalue weighted by Crippen LogP contribution is 2.44. The van der Waals surface area contributed by atoms with E-state index in [1.807, 2.05) is 12.1 Å². The van der Waals surface area contributed by atoms with Crippen LogP contribution in [0, 0.1) is 0 Å². The van der Waals surface area contributed by atoms with E-state index in [9.17, 15) is 0 Å². The molecule has 0 radical (unpaired) electrons. The molecule has 5 nitrogen and oxygen atoms in total. The van der Waals surface area contributed by atoms with Gasteiger partial charge in [-0.1, -0.05) is 127 Å². The molecule has 0 aliphatic heterocycles. The summed E-state index contributed by atoms with van der Waals surface area (Å²) < 4.78 is 5.83. The van der Waals surface area contributed by atoms with Gasteiger partial charge in [-0.15, -0.1) is 11.3 Å². The molecule has 0 bridgehead atoms. The third-order valence-electron chi connectivity index (χ3n) is 12.2. The van der Waals surface area contributed by atoms with Crippen molar-refractivity contribution in [2.24, 2.45) is 0 Å². The van der Waals surface area contributed by atoms with Crippen LogP contribution in [0.3, 0.4) is 0 Å². The average Bonchev–Trinajstić information content (AvgIpc) is 4.02. The molecule has 13 aromatic rings. The Labute approximate surface area is 354 Å². The molecular weight excluding hydrogens is 763 g/mol. The molecule has 0 atom stereocenters. The first-order chi connectivity index (χ1) is 30.2. The number of thiophene rings is 1. The van der Waals surface area contributed by atoms with E-state index in [0.717, 1.165) is 54.3 Å². The number of fused-ring (bicyclic) bond motifs is 11. The van der Waals surface area contributed by atoms with Gasteiger partial charge in [0.2, 0.25) is 0 Å². The maximum absolute atomic E-state index is 5.46. The highest BCUT2D eigenvalue weighted by Gasteiger charge is 2.23. The molecule has 0 unspecified atom stereocenters. The minimum absolute atomic E-state index is 0.671. The van der Waals surface area contributed by atoms with Gasteiger partial charge in [-0.2, -0.15) is 0 Å². The van der Waals surface area contributed by atoms with Crippen LogP contribution in [0.4, 0.5) is 0 Å². The normalized spacial score (nSPS) is 11.9. The van der Waals surface area contributed by atoms with Gasteiger partial charge >= 0.3 is 0 Å². The van der Waals surface area contributed by atoms with Gasteiger partial charge < -0.3 is 4.57 Å². The van der Waals surface area contributed by atoms with E-state index >= 15 is 0 Å². The van der Waals surface area contributed by atoms with Gasteiger partial charge in [-0.25, -0.2) is 9.97 Å². The zero-order valence-corrected chi connectivity index (χ0v) is 33.5. The maximum atomic E-state index is 5.46. The Bertz CT molecular complexity index is 3860. The minimum Gasteiger partial charge on any atom is -0.309 e. The van der Waals surface area contributed by atoms with E-state index in [1.165, 1.54) is 59.7 Å². The summed E-state index contributed by atoms with van der Waals surface area (Å²) in [6.45, 7) is 0. The van der Waals surface area contributed by atoms with Crippen molar-refractivity contribution in [2.45, 2.75) is 0 Å². The summed E-state index contributed by atoms with van der Waals surface area (Å²) >= 11 is 1.74. The molecule has 0 saturated heterocycles. The smallest absolute Gasteiger partial charge is 0.162 e. The van der Waals surface area contributed by atoms with E-state index in [1.54, 1.807) is 23.7 Å². The van der Waals surface area contributed by atoms with E-state index in [4.69, 9.17) is 9.97 Å². The lowest BCUT2D eigenvalue weighted by Gasteiger charge is -2.12. The van der Waals surface area contributed by atoms with Crippen LogP contribution in [0.1, 0.15) is 0 Å². The first-order valence-electron chi connectivity index (χ1n) is 20.5. The fraction of sp³-hybridized carbons (Fsp3) is 0. The van der Waals surface area contributed by atoms with Gasteiger partial charge in [-0.3, -0.25) is 9.55 Å². The largest absolute Gasteiger partial charge is 0.309 e. The molecule has 8 aromatic carbocycles. The number of para-hydroxylation sites is 1. The molecule has 5 heterocycles. The van der Waals surface area contributed by atoms with Crippen LogP contribution in [0.2, 0.25) is 0 Å². The molecule has 0 amide bonds. The third kappa shape index (κ3) is 5.22. The number of rotatable bonds is 5. The Balaban J connectivity index is 1.09. The molecule has 6 heteroatoms. The molecule has 0 spiro atoms. The Morgan fingerprint density at radius 3 is 1.84 bits per heavy atom. The molecule has 0 fully saturated rings. The van der Waals surface area contributed by atoms with Crippen molar-refractivity contribution in [3.8, 4) is 44.5 Å².